The van der Waals surface area contributed by atoms with Crippen LogP contribution in [0.3, 0.4) is 0 Å². The summed E-state index contributed by atoms with van der Waals surface area (Å²) < 4.78 is 31.2. The topological polar surface area (TPSA) is 77.2 Å². The number of halogens is 1. The highest BCUT2D eigenvalue weighted by atomic mass is 35.5. The molecule has 0 amide bonds. The average Bonchev–Trinajstić information content (AvgIpc) is 3.11. The van der Waals surface area contributed by atoms with Gasteiger partial charge >= 0.3 is 0 Å². The Bertz CT molecular complexity index is 1230. The van der Waals surface area contributed by atoms with E-state index in [1.807, 2.05) is 24.3 Å². The summed E-state index contributed by atoms with van der Waals surface area (Å²) in [4.78, 5) is 0.0461. The molecular weight excluding hydrogens is 384 g/mol. The van der Waals surface area contributed by atoms with E-state index in [9.17, 15) is 8.42 Å². The molecule has 4 rings (SSSR count). The van der Waals surface area contributed by atoms with Crippen LogP contribution in [0.25, 0.3) is 11.0 Å². The summed E-state index contributed by atoms with van der Waals surface area (Å²) in [6.07, 6.45) is 0. The third kappa shape index (κ3) is 3.47. The molecule has 6 nitrogen and oxygen atoms in total. The highest BCUT2D eigenvalue weighted by Crippen LogP contribution is 2.19. The van der Waals surface area contributed by atoms with Crippen LogP contribution in [-0.2, 0) is 10.0 Å². The van der Waals surface area contributed by atoms with Crippen molar-refractivity contribution in [3.05, 3.63) is 89.4 Å². The number of para-hydroxylation sites is 1. The monoisotopic (exact) mass is 396 g/mol. The lowest BCUT2D eigenvalue weighted by Crippen LogP contribution is -2.17. The summed E-state index contributed by atoms with van der Waals surface area (Å²) in [6.45, 7) is 0. The molecule has 0 aliphatic rings. The molecule has 0 N–H and O–H groups in total. The van der Waals surface area contributed by atoms with Gasteiger partial charge in [-0.25, -0.2) is 0 Å². The summed E-state index contributed by atoms with van der Waals surface area (Å²) >= 11 is 5.86. The molecule has 0 spiro atoms. The number of nitrogens with zero attached hydrogens (tertiary/aromatic N) is 4. The van der Waals surface area contributed by atoms with E-state index in [2.05, 4.69) is 14.7 Å². The average molecular weight is 397 g/mol. The van der Waals surface area contributed by atoms with Gasteiger partial charge in [-0.05, 0) is 36.4 Å². The molecule has 0 unspecified atom stereocenters. The third-order valence-electron chi connectivity index (χ3n) is 3.90. The first-order valence-corrected chi connectivity index (χ1v) is 9.83. The van der Waals surface area contributed by atoms with Crippen molar-refractivity contribution in [2.24, 2.45) is 4.40 Å². The lowest BCUT2D eigenvalue weighted by Gasteiger charge is -2.08. The largest absolute Gasteiger partial charge is 0.284 e. The molecule has 0 saturated heterocycles. The predicted molar refractivity (Wildman–Crippen MR) is 105 cm³/mol. The molecule has 0 aliphatic carbocycles. The Balaban J connectivity index is 1.94. The molecule has 1 heterocycles. The summed E-state index contributed by atoms with van der Waals surface area (Å²) in [5, 5.41) is 8.66. The van der Waals surface area contributed by atoms with Gasteiger partial charge in [-0.1, -0.05) is 59.3 Å². The molecule has 134 valence electrons. The molecule has 27 heavy (non-hydrogen) atoms. The van der Waals surface area contributed by atoms with Crippen molar-refractivity contribution < 1.29 is 8.42 Å². The van der Waals surface area contributed by atoms with Crippen molar-refractivity contribution in [2.45, 2.75) is 4.90 Å². The van der Waals surface area contributed by atoms with Crippen LogP contribution in [-0.4, -0.2) is 29.2 Å². The Labute approximate surface area is 160 Å². The second kappa shape index (κ2) is 6.94. The highest BCUT2D eigenvalue weighted by Gasteiger charge is 2.19. The van der Waals surface area contributed by atoms with E-state index < -0.39 is 10.0 Å². The van der Waals surface area contributed by atoms with Crippen molar-refractivity contribution in [1.82, 2.24) is 15.0 Å². The molecule has 0 saturated carbocycles. The Morgan fingerprint density at radius 1 is 0.889 bits per heavy atom. The standard InChI is InChI=1S/C19H13ClN4O2S/c20-15-10-12-16(13-11-15)27(25,26)22-19(14-6-2-1-3-7-14)24-18-9-5-4-8-17(18)21-23-24/h1-13H/b22-19+. The first-order valence-electron chi connectivity index (χ1n) is 8.01. The Morgan fingerprint density at radius 3 is 2.30 bits per heavy atom. The fourth-order valence-electron chi connectivity index (χ4n) is 2.60. The second-order valence-corrected chi connectivity index (χ2v) is 7.74. The quantitative estimate of drug-likeness (QED) is 0.390. The van der Waals surface area contributed by atoms with Gasteiger partial charge in [0.1, 0.15) is 5.52 Å². The van der Waals surface area contributed by atoms with Gasteiger partial charge in [0.2, 0.25) is 0 Å². The first kappa shape index (κ1) is 17.4. The van der Waals surface area contributed by atoms with Crippen molar-refractivity contribution in [3.8, 4) is 0 Å². The number of hydrogen-bond donors (Lipinski definition) is 0. The highest BCUT2D eigenvalue weighted by molar-refractivity contribution is 7.90. The van der Waals surface area contributed by atoms with Crippen LogP contribution < -0.4 is 0 Å². The van der Waals surface area contributed by atoms with Gasteiger partial charge in [-0.2, -0.15) is 13.1 Å². The minimum Gasteiger partial charge on any atom is -0.199 e. The maximum absolute atomic E-state index is 12.9. The molecular formula is C19H13ClN4O2S. The summed E-state index contributed by atoms with van der Waals surface area (Å²) in [6, 6.07) is 22.1. The molecule has 0 bridgehead atoms. The maximum atomic E-state index is 12.9. The molecule has 0 aliphatic heterocycles. The molecule has 0 fully saturated rings. The van der Waals surface area contributed by atoms with E-state index in [1.165, 1.54) is 28.9 Å². The predicted octanol–water partition coefficient (Wildman–Crippen LogP) is 3.77. The normalized spacial score (nSPS) is 12.4. The number of rotatable bonds is 3. The summed E-state index contributed by atoms with van der Waals surface area (Å²) in [7, 11) is -3.98. The Kier molecular flexibility index (Phi) is 4.47. The van der Waals surface area contributed by atoms with E-state index in [1.54, 1.807) is 30.3 Å². The fraction of sp³-hybridized carbons (Fsp3) is 0. The number of aromatic nitrogens is 3. The van der Waals surface area contributed by atoms with Gasteiger partial charge in [0.25, 0.3) is 10.0 Å². The molecule has 4 aromatic rings. The van der Waals surface area contributed by atoms with Crippen LogP contribution in [0.15, 0.2) is 88.2 Å². The minimum absolute atomic E-state index is 0.0461. The minimum atomic E-state index is -3.98. The molecule has 3 aromatic carbocycles. The fourth-order valence-corrected chi connectivity index (χ4v) is 3.72. The number of benzene rings is 3. The summed E-state index contributed by atoms with van der Waals surface area (Å²) in [5.41, 5.74) is 1.90. The third-order valence-corrected chi connectivity index (χ3v) is 5.44. The molecule has 0 radical (unpaired) electrons. The van der Waals surface area contributed by atoms with E-state index in [0.717, 1.165) is 0 Å². The molecule has 0 atom stereocenters. The summed E-state index contributed by atoms with van der Waals surface area (Å²) in [5.74, 6) is 0.166. The zero-order valence-corrected chi connectivity index (χ0v) is 15.5. The van der Waals surface area contributed by atoms with E-state index in [0.29, 0.717) is 21.6 Å². The van der Waals surface area contributed by atoms with E-state index >= 15 is 0 Å². The first-order chi connectivity index (χ1) is 13.0. The lowest BCUT2D eigenvalue weighted by atomic mass is 10.2. The van der Waals surface area contributed by atoms with Crippen LogP contribution in [0.1, 0.15) is 5.56 Å². The van der Waals surface area contributed by atoms with Crippen LogP contribution in [0.5, 0.6) is 0 Å². The number of hydrogen-bond acceptors (Lipinski definition) is 4. The SMILES string of the molecule is O=S(=O)(/N=C(\c1ccccc1)n1nnc2ccccc21)c1ccc(Cl)cc1. The Hall–Kier alpha value is -3.03. The van der Waals surface area contributed by atoms with E-state index in [4.69, 9.17) is 11.6 Å². The Morgan fingerprint density at radius 2 is 1.56 bits per heavy atom. The van der Waals surface area contributed by atoms with Crippen LogP contribution in [0, 0.1) is 0 Å². The zero-order chi connectivity index (χ0) is 18.9. The van der Waals surface area contributed by atoms with Crippen LogP contribution in [0.4, 0.5) is 0 Å². The van der Waals surface area contributed by atoms with Crippen molar-refractivity contribution in [1.29, 1.82) is 0 Å². The maximum Gasteiger partial charge on any atom is 0.284 e. The van der Waals surface area contributed by atoms with Gasteiger partial charge in [0, 0.05) is 10.6 Å². The van der Waals surface area contributed by atoms with Gasteiger partial charge < -0.3 is 0 Å². The van der Waals surface area contributed by atoms with Gasteiger partial charge in [0.15, 0.2) is 5.84 Å². The van der Waals surface area contributed by atoms with Gasteiger partial charge in [-0.15, -0.1) is 9.50 Å². The van der Waals surface area contributed by atoms with Crippen molar-refractivity contribution in [3.63, 3.8) is 0 Å². The smallest absolute Gasteiger partial charge is 0.199 e. The second-order valence-electron chi connectivity index (χ2n) is 5.70. The molecule has 8 heteroatoms. The number of fused-ring (bicyclic) bond motifs is 1. The van der Waals surface area contributed by atoms with E-state index in [-0.39, 0.29) is 10.7 Å². The lowest BCUT2D eigenvalue weighted by molar-refractivity contribution is 0.597. The van der Waals surface area contributed by atoms with Crippen LogP contribution >= 0.6 is 11.6 Å². The van der Waals surface area contributed by atoms with Crippen LogP contribution in [0.2, 0.25) is 5.02 Å². The van der Waals surface area contributed by atoms with Crippen molar-refractivity contribution >= 4 is 38.5 Å². The number of sulfonamides is 1. The molecule has 1 aromatic heterocycles. The van der Waals surface area contributed by atoms with Gasteiger partial charge in [0.05, 0.1) is 10.4 Å². The van der Waals surface area contributed by atoms with Gasteiger partial charge in [-0.3, -0.25) is 0 Å². The van der Waals surface area contributed by atoms with Crippen molar-refractivity contribution in [2.75, 3.05) is 0 Å². The zero-order valence-electron chi connectivity index (χ0n) is 13.9.